The summed E-state index contributed by atoms with van der Waals surface area (Å²) in [5.41, 5.74) is 4.69. The Morgan fingerprint density at radius 1 is 1.39 bits per heavy atom. The third-order valence-corrected chi connectivity index (χ3v) is 3.87. The molecule has 0 aliphatic carbocycles. The highest BCUT2D eigenvalue weighted by Crippen LogP contribution is 2.07. The van der Waals surface area contributed by atoms with E-state index in [-0.39, 0.29) is 25.3 Å². The van der Waals surface area contributed by atoms with Gasteiger partial charge in [-0.15, -0.1) is 0 Å². The molecule has 0 fully saturated rings. The van der Waals surface area contributed by atoms with E-state index in [1.807, 2.05) is 0 Å². The molecule has 0 unspecified atom stereocenters. The second-order valence-electron chi connectivity index (χ2n) is 5.02. The van der Waals surface area contributed by atoms with Gasteiger partial charge in [0.25, 0.3) is 10.2 Å². The molecule has 0 amide bonds. The van der Waals surface area contributed by atoms with E-state index in [2.05, 4.69) is 4.72 Å². The van der Waals surface area contributed by atoms with Gasteiger partial charge in [-0.1, -0.05) is 0 Å². The maximum atomic E-state index is 12.1. The first-order valence-corrected chi connectivity index (χ1v) is 7.13. The third-order valence-electron chi connectivity index (χ3n) is 1.95. The molecule has 0 aliphatic rings. The summed E-state index contributed by atoms with van der Waals surface area (Å²) < 4.78 is 32.9. The number of methoxy groups -OCH3 is 1. The molecule has 0 rings (SSSR count). The van der Waals surface area contributed by atoms with Gasteiger partial charge in [-0.25, -0.2) is 0 Å². The van der Waals surface area contributed by atoms with E-state index in [9.17, 15) is 8.42 Å². The average molecular weight is 280 g/mol. The fraction of sp³-hybridized carbons (Fsp3) is 0.900. The highest BCUT2D eigenvalue weighted by atomic mass is 32.2. The van der Waals surface area contributed by atoms with Crippen molar-refractivity contribution in [3.8, 4) is 0 Å². The maximum Gasteiger partial charge on any atom is 0.280 e. The van der Waals surface area contributed by atoms with Crippen LogP contribution in [0.25, 0.3) is 0 Å². The number of hydrogen-bond donors (Lipinski definition) is 3. The minimum Gasteiger partial charge on any atom is -0.388 e. The first-order valence-electron chi connectivity index (χ1n) is 5.69. The van der Waals surface area contributed by atoms with Gasteiger partial charge in [-0.2, -0.15) is 17.4 Å². The molecule has 0 heterocycles. The monoisotopic (exact) mass is 280 g/mol. The van der Waals surface area contributed by atoms with Crippen LogP contribution < -0.4 is 10.5 Å². The minimum absolute atomic E-state index is 0.0385. The van der Waals surface area contributed by atoms with Crippen molar-refractivity contribution < 1.29 is 13.2 Å². The van der Waals surface area contributed by atoms with Crippen LogP contribution in [0.1, 0.15) is 27.2 Å². The van der Waals surface area contributed by atoms with E-state index in [0.717, 1.165) is 0 Å². The largest absolute Gasteiger partial charge is 0.388 e. The van der Waals surface area contributed by atoms with Gasteiger partial charge in [0.1, 0.15) is 0 Å². The topological polar surface area (TPSA) is 109 Å². The molecule has 7 nitrogen and oxygen atoms in total. The Balaban J connectivity index is 4.76. The predicted octanol–water partition coefficient (Wildman–Crippen LogP) is -0.106. The molecular formula is C10H24N4O3S. The summed E-state index contributed by atoms with van der Waals surface area (Å²) in [5.74, 6) is -0.0385. The van der Waals surface area contributed by atoms with Gasteiger partial charge in [0.15, 0.2) is 0 Å². The third kappa shape index (κ3) is 7.59. The number of ether oxygens (including phenoxy) is 1. The van der Waals surface area contributed by atoms with Gasteiger partial charge in [-0.3, -0.25) is 5.41 Å². The van der Waals surface area contributed by atoms with Crippen molar-refractivity contribution in [3.63, 3.8) is 0 Å². The van der Waals surface area contributed by atoms with Gasteiger partial charge < -0.3 is 10.5 Å². The molecule has 0 bridgehead atoms. The number of nitrogens with one attached hydrogen (secondary N) is 2. The summed E-state index contributed by atoms with van der Waals surface area (Å²) in [6.45, 7) is 6.00. The molecule has 4 N–H and O–H groups in total. The fourth-order valence-electron chi connectivity index (χ4n) is 1.24. The Labute approximate surface area is 109 Å². The maximum absolute atomic E-state index is 12.1. The summed E-state index contributed by atoms with van der Waals surface area (Å²) in [4.78, 5) is 0. The molecule has 8 heteroatoms. The second kappa shape index (κ2) is 7.03. The number of amidine groups is 1. The summed E-state index contributed by atoms with van der Waals surface area (Å²) in [6, 6.07) is 0. The molecule has 108 valence electrons. The smallest absolute Gasteiger partial charge is 0.280 e. The van der Waals surface area contributed by atoms with Crippen LogP contribution in [0.4, 0.5) is 0 Å². The molecule has 18 heavy (non-hydrogen) atoms. The van der Waals surface area contributed by atoms with Crippen LogP contribution in [0, 0.1) is 5.41 Å². The fourth-order valence-corrected chi connectivity index (χ4v) is 2.79. The van der Waals surface area contributed by atoms with Gasteiger partial charge in [0.2, 0.25) is 0 Å². The number of hydrogen-bond acceptors (Lipinski definition) is 4. The first kappa shape index (κ1) is 17.3. The standard InChI is InChI=1S/C10H24N4O3S/c1-10(2,3)13-18(15,16)14(7-8-17-4)6-5-9(11)12/h13H,5-8H2,1-4H3,(H3,11,12). The van der Waals surface area contributed by atoms with E-state index in [1.165, 1.54) is 11.4 Å². The Morgan fingerprint density at radius 2 is 1.94 bits per heavy atom. The lowest BCUT2D eigenvalue weighted by atomic mass is 10.1. The Bertz CT molecular complexity index is 362. The normalized spacial score (nSPS) is 12.9. The van der Waals surface area contributed by atoms with Crippen LogP contribution in [-0.2, 0) is 14.9 Å². The zero-order valence-corrected chi connectivity index (χ0v) is 12.3. The van der Waals surface area contributed by atoms with Crippen LogP contribution in [0.15, 0.2) is 0 Å². The highest BCUT2D eigenvalue weighted by Gasteiger charge is 2.26. The highest BCUT2D eigenvalue weighted by molar-refractivity contribution is 7.87. The zero-order chi connectivity index (χ0) is 14.4. The Hall–Kier alpha value is -0.700. The minimum atomic E-state index is -3.60. The van der Waals surface area contributed by atoms with Crippen LogP contribution in [0.3, 0.4) is 0 Å². The van der Waals surface area contributed by atoms with E-state index in [4.69, 9.17) is 15.9 Å². The molecule has 0 radical (unpaired) electrons. The lowest BCUT2D eigenvalue weighted by molar-refractivity contribution is 0.178. The summed E-state index contributed by atoms with van der Waals surface area (Å²) >= 11 is 0. The molecule has 0 saturated heterocycles. The number of nitrogens with two attached hydrogens (primary N) is 1. The predicted molar refractivity (Wildman–Crippen MR) is 71.8 cm³/mol. The SMILES string of the molecule is COCCN(CCC(=N)N)S(=O)(=O)NC(C)(C)C. The van der Waals surface area contributed by atoms with E-state index >= 15 is 0 Å². The lowest BCUT2D eigenvalue weighted by Gasteiger charge is -2.27. The van der Waals surface area contributed by atoms with Crippen molar-refractivity contribution in [1.29, 1.82) is 5.41 Å². The molecule has 0 atom stereocenters. The average Bonchev–Trinajstić information content (AvgIpc) is 2.12. The van der Waals surface area contributed by atoms with Crippen LogP contribution in [-0.4, -0.2) is 50.9 Å². The number of rotatable bonds is 8. The van der Waals surface area contributed by atoms with Crippen molar-refractivity contribution in [3.05, 3.63) is 0 Å². The van der Waals surface area contributed by atoms with Crippen molar-refractivity contribution >= 4 is 16.0 Å². The molecule has 0 aliphatic heterocycles. The summed E-state index contributed by atoms with van der Waals surface area (Å²) in [5, 5.41) is 7.15. The lowest BCUT2D eigenvalue weighted by Crippen LogP contribution is -2.50. The quantitative estimate of drug-likeness (QED) is 0.426. The van der Waals surface area contributed by atoms with Crippen molar-refractivity contribution in [2.24, 2.45) is 5.73 Å². The second-order valence-corrected chi connectivity index (χ2v) is 6.69. The summed E-state index contributed by atoms with van der Waals surface area (Å²) in [7, 11) is -2.09. The molecule has 0 spiro atoms. The van der Waals surface area contributed by atoms with Crippen molar-refractivity contribution in [1.82, 2.24) is 9.03 Å². The van der Waals surface area contributed by atoms with Crippen LogP contribution >= 0.6 is 0 Å². The number of nitrogens with zero attached hydrogens (tertiary/aromatic N) is 1. The van der Waals surface area contributed by atoms with E-state index < -0.39 is 15.7 Å². The van der Waals surface area contributed by atoms with E-state index in [0.29, 0.717) is 6.61 Å². The molecule has 0 aromatic rings. The van der Waals surface area contributed by atoms with Crippen LogP contribution in [0.5, 0.6) is 0 Å². The van der Waals surface area contributed by atoms with Crippen molar-refractivity contribution in [2.75, 3.05) is 26.8 Å². The van der Waals surface area contributed by atoms with Crippen LogP contribution in [0.2, 0.25) is 0 Å². The Kier molecular flexibility index (Phi) is 6.76. The summed E-state index contributed by atoms with van der Waals surface area (Å²) in [6.07, 6.45) is 0.203. The molecule has 0 aromatic heterocycles. The molecule has 0 saturated carbocycles. The van der Waals surface area contributed by atoms with Gasteiger partial charge in [0, 0.05) is 32.2 Å². The van der Waals surface area contributed by atoms with Gasteiger partial charge >= 0.3 is 0 Å². The van der Waals surface area contributed by atoms with E-state index in [1.54, 1.807) is 20.8 Å². The molecule has 0 aromatic carbocycles. The molecular weight excluding hydrogens is 256 g/mol. The van der Waals surface area contributed by atoms with Gasteiger partial charge in [0.05, 0.1) is 12.4 Å². The Morgan fingerprint density at radius 3 is 2.33 bits per heavy atom. The first-order chi connectivity index (χ1) is 8.08. The van der Waals surface area contributed by atoms with Crippen molar-refractivity contribution in [2.45, 2.75) is 32.7 Å². The van der Waals surface area contributed by atoms with Gasteiger partial charge in [-0.05, 0) is 20.8 Å². The zero-order valence-electron chi connectivity index (χ0n) is 11.5.